The summed E-state index contributed by atoms with van der Waals surface area (Å²) in [6, 6.07) is 15.2. The van der Waals surface area contributed by atoms with Gasteiger partial charge < -0.3 is 10.1 Å². The number of carbonyl (C=O) groups is 2. The van der Waals surface area contributed by atoms with E-state index in [2.05, 4.69) is 5.32 Å². The summed E-state index contributed by atoms with van der Waals surface area (Å²) in [5.41, 5.74) is 1.26. The van der Waals surface area contributed by atoms with Crippen LogP contribution < -0.4 is 21.3 Å². The van der Waals surface area contributed by atoms with Crippen LogP contribution in [0.1, 0.15) is 22.8 Å². The second-order valence-corrected chi connectivity index (χ2v) is 8.34. The molecule has 0 atom stereocenters. The Morgan fingerprint density at radius 2 is 1.67 bits per heavy atom. The lowest BCUT2D eigenvalue weighted by molar-refractivity contribution is -0.116. The van der Waals surface area contributed by atoms with Gasteiger partial charge in [-0.15, -0.1) is 11.3 Å². The Morgan fingerprint density at radius 3 is 2.30 bits per heavy atom. The maximum absolute atomic E-state index is 13.2. The number of amides is 1. The van der Waals surface area contributed by atoms with Crippen LogP contribution in [0.5, 0.6) is 5.75 Å². The number of ketones is 1. The number of nitrogens with one attached hydrogen (secondary N) is 1. The molecule has 2 aromatic heterocycles. The number of aromatic nitrogens is 2. The van der Waals surface area contributed by atoms with Crippen LogP contribution in [-0.4, -0.2) is 27.9 Å². The van der Waals surface area contributed by atoms with E-state index < -0.39 is 17.2 Å². The monoisotopic (exact) mass is 463 g/mol. The topological polar surface area (TPSA) is 99.4 Å². The van der Waals surface area contributed by atoms with Crippen molar-refractivity contribution in [2.75, 3.05) is 12.4 Å². The molecule has 0 radical (unpaired) electrons. The minimum Gasteiger partial charge on any atom is -0.497 e. The fraction of sp³-hybridized carbons (Fsp3) is 0.167. The Kier molecular flexibility index (Phi) is 6.23. The summed E-state index contributed by atoms with van der Waals surface area (Å²) in [6.07, 6.45) is 0. The van der Waals surface area contributed by atoms with Crippen LogP contribution in [0.2, 0.25) is 0 Å². The van der Waals surface area contributed by atoms with Crippen LogP contribution in [0.25, 0.3) is 10.2 Å². The van der Waals surface area contributed by atoms with Gasteiger partial charge in [0.2, 0.25) is 5.91 Å². The fourth-order valence-electron chi connectivity index (χ4n) is 3.47. The second kappa shape index (κ2) is 9.25. The largest absolute Gasteiger partial charge is 0.497 e. The van der Waals surface area contributed by atoms with Crippen LogP contribution >= 0.6 is 11.3 Å². The molecule has 0 bridgehead atoms. The fourth-order valence-corrected chi connectivity index (χ4v) is 4.31. The number of fused-ring (bicyclic) bond motifs is 1. The normalized spacial score (nSPS) is 10.8. The van der Waals surface area contributed by atoms with E-state index in [1.54, 1.807) is 67.1 Å². The third kappa shape index (κ3) is 4.63. The molecule has 168 valence electrons. The van der Waals surface area contributed by atoms with Crippen molar-refractivity contribution in [2.24, 2.45) is 0 Å². The molecule has 4 aromatic rings. The molecular formula is C24H21N3O5S. The molecule has 0 saturated carbocycles. The number of anilines is 1. The van der Waals surface area contributed by atoms with Gasteiger partial charge in [-0.05, 0) is 60.3 Å². The summed E-state index contributed by atoms with van der Waals surface area (Å²) in [6.45, 7) is 1.28. The van der Waals surface area contributed by atoms with Crippen molar-refractivity contribution in [1.82, 2.24) is 9.13 Å². The highest BCUT2D eigenvalue weighted by Crippen LogP contribution is 2.17. The molecule has 0 aliphatic heterocycles. The molecule has 2 aromatic carbocycles. The van der Waals surface area contributed by atoms with Gasteiger partial charge >= 0.3 is 5.69 Å². The maximum Gasteiger partial charge on any atom is 0.332 e. The van der Waals surface area contributed by atoms with E-state index >= 15 is 0 Å². The van der Waals surface area contributed by atoms with E-state index in [0.29, 0.717) is 27.2 Å². The summed E-state index contributed by atoms with van der Waals surface area (Å²) in [4.78, 5) is 50.3. The lowest BCUT2D eigenvalue weighted by Crippen LogP contribution is -2.41. The molecule has 4 rings (SSSR count). The number of nitrogens with zero attached hydrogens (tertiary/aromatic N) is 2. The number of hydrogen-bond acceptors (Lipinski definition) is 6. The Morgan fingerprint density at radius 1 is 0.970 bits per heavy atom. The highest BCUT2D eigenvalue weighted by Gasteiger charge is 2.17. The van der Waals surface area contributed by atoms with Crippen LogP contribution in [0.4, 0.5) is 5.69 Å². The van der Waals surface area contributed by atoms with Crippen LogP contribution in [0, 0.1) is 0 Å². The standard InChI is InChI=1S/C24H21N3O5S/c1-15(28)17-5-7-18(8-6-17)25-21(29)14-26-20-11-12-33-22(20)23(30)27(24(26)31)13-16-3-9-19(32-2)10-4-16/h3-12H,13-14H2,1-2H3,(H,25,29). The van der Waals surface area contributed by atoms with Gasteiger partial charge in [-0.2, -0.15) is 0 Å². The van der Waals surface area contributed by atoms with Crippen LogP contribution in [-0.2, 0) is 17.9 Å². The average Bonchev–Trinajstić information content (AvgIpc) is 3.30. The molecule has 33 heavy (non-hydrogen) atoms. The van der Waals surface area contributed by atoms with E-state index in [1.165, 1.54) is 22.8 Å². The van der Waals surface area contributed by atoms with E-state index in [1.807, 2.05) is 0 Å². The van der Waals surface area contributed by atoms with Gasteiger partial charge in [-0.1, -0.05) is 12.1 Å². The summed E-state index contributed by atoms with van der Waals surface area (Å²) < 4.78 is 7.99. The number of Topliss-reactive ketones (excluding diaryl/α,β-unsaturated/α-hetero) is 1. The number of methoxy groups -OCH3 is 1. The molecule has 1 N–H and O–H groups in total. The third-order valence-corrected chi connectivity index (χ3v) is 6.10. The molecule has 8 nitrogen and oxygen atoms in total. The number of hydrogen-bond donors (Lipinski definition) is 1. The molecule has 0 fully saturated rings. The first-order chi connectivity index (χ1) is 15.9. The lowest BCUT2D eigenvalue weighted by atomic mass is 10.1. The smallest absolute Gasteiger partial charge is 0.332 e. The quantitative estimate of drug-likeness (QED) is 0.425. The van der Waals surface area contributed by atoms with E-state index in [0.717, 1.165) is 10.1 Å². The zero-order valence-corrected chi connectivity index (χ0v) is 18.8. The van der Waals surface area contributed by atoms with Gasteiger partial charge in [0.1, 0.15) is 17.0 Å². The molecule has 0 spiro atoms. The van der Waals surface area contributed by atoms with Gasteiger partial charge in [-0.3, -0.25) is 23.5 Å². The number of thiophene rings is 1. The Balaban J connectivity index is 1.64. The van der Waals surface area contributed by atoms with Crippen molar-refractivity contribution in [3.8, 4) is 5.75 Å². The minimum atomic E-state index is -0.566. The molecule has 0 saturated heterocycles. The number of carbonyl (C=O) groups excluding carboxylic acids is 2. The molecule has 2 heterocycles. The van der Waals surface area contributed by atoms with Crippen molar-refractivity contribution in [3.63, 3.8) is 0 Å². The van der Waals surface area contributed by atoms with Crippen molar-refractivity contribution in [2.45, 2.75) is 20.0 Å². The van der Waals surface area contributed by atoms with Crippen LogP contribution in [0.3, 0.4) is 0 Å². The Labute approximate surface area is 192 Å². The predicted molar refractivity (Wildman–Crippen MR) is 128 cm³/mol. The first-order valence-corrected chi connectivity index (χ1v) is 11.0. The molecule has 1 amide bonds. The zero-order chi connectivity index (χ0) is 23.5. The van der Waals surface area contributed by atoms with Crippen molar-refractivity contribution >= 4 is 38.9 Å². The average molecular weight is 464 g/mol. The summed E-state index contributed by atoms with van der Waals surface area (Å²) in [7, 11) is 1.56. The predicted octanol–water partition coefficient (Wildman–Crippen LogP) is 3.12. The van der Waals surface area contributed by atoms with Crippen molar-refractivity contribution in [1.29, 1.82) is 0 Å². The first kappa shape index (κ1) is 22.2. The highest BCUT2D eigenvalue weighted by molar-refractivity contribution is 7.17. The maximum atomic E-state index is 13.2. The highest BCUT2D eigenvalue weighted by atomic mass is 32.1. The van der Waals surface area contributed by atoms with E-state index in [9.17, 15) is 19.2 Å². The lowest BCUT2D eigenvalue weighted by Gasteiger charge is -2.13. The number of benzene rings is 2. The minimum absolute atomic E-state index is 0.0709. The van der Waals surface area contributed by atoms with Gasteiger partial charge in [0.15, 0.2) is 5.78 Å². The van der Waals surface area contributed by atoms with Gasteiger partial charge in [0.25, 0.3) is 5.56 Å². The van der Waals surface area contributed by atoms with E-state index in [-0.39, 0.29) is 18.9 Å². The third-order valence-electron chi connectivity index (χ3n) is 5.21. The van der Waals surface area contributed by atoms with Crippen molar-refractivity contribution < 1.29 is 14.3 Å². The SMILES string of the molecule is COc1ccc(Cn2c(=O)c3sccc3n(CC(=O)Nc3ccc(C(C)=O)cc3)c2=O)cc1. The first-order valence-electron chi connectivity index (χ1n) is 10.1. The molecule has 0 aliphatic rings. The van der Waals surface area contributed by atoms with Crippen molar-refractivity contribution in [3.05, 3.63) is 91.9 Å². The molecule has 0 aliphatic carbocycles. The summed E-state index contributed by atoms with van der Waals surface area (Å²) in [5, 5.41) is 4.45. The molecule has 9 heteroatoms. The number of rotatable bonds is 7. The molecule has 0 unspecified atom stereocenters. The van der Waals surface area contributed by atoms with Gasteiger partial charge in [-0.25, -0.2) is 4.79 Å². The summed E-state index contributed by atoms with van der Waals surface area (Å²) in [5.74, 6) is 0.179. The molecular weight excluding hydrogens is 442 g/mol. The van der Waals surface area contributed by atoms with Gasteiger partial charge in [0, 0.05) is 11.3 Å². The Hall–Kier alpha value is -3.98. The number of ether oxygens (including phenoxy) is 1. The summed E-state index contributed by atoms with van der Waals surface area (Å²) >= 11 is 1.23. The van der Waals surface area contributed by atoms with Crippen LogP contribution in [0.15, 0.2) is 69.6 Å². The Bertz CT molecular complexity index is 1450. The van der Waals surface area contributed by atoms with Gasteiger partial charge in [0.05, 0.1) is 19.2 Å². The van der Waals surface area contributed by atoms with E-state index in [4.69, 9.17) is 4.74 Å². The second-order valence-electron chi connectivity index (χ2n) is 7.42. The zero-order valence-electron chi connectivity index (χ0n) is 18.0.